The number of aromatic nitrogens is 2. The van der Waals surface area contributed by atoms with Gasteiger partial charge >= 0.3 is 0 Å². The molecule has 1 heterocycles. The minimum absolute atomic E-state index is 0.0593. The first-order chi connectivity index (χ1) is 16.5. The molecule has 0 saturated carbocycles. The molecule has 0 saturated heterocycles. The minimum Gasteiger partial charge on any atom is -0.488 e. The van der Waals surface area contributed by atoms with Crippen LogP contribution in [0.15, 0.2) is 91.6 Å². The Morgan fingerprint density at radius 2 is 1.85 bits per heavy atom. The van der Waals surface area contributed by atoms with Crippen molar-refractivity contribution in [3.05, 3.63) is 109 Å². The number of nitrogens with zero attached hydrogens (tertiary/aromatic N) is 3. The van der Waals surface area contributed by atoms with E-state index in [-0.39, 0.29) is 17.2 Å². The van der Waals surface area contributed by atoms with Gasteiger partial charge in [0.05, 0.1) is 11.9 Å². The van der Waals surface area contributed by atoms with Crippen molar-refractivity contribution in [3.8, 4) is 23.1 Å². The average Bonchev–Trinajstić information content (AvgIpc) is 2.84. The van der Waals surface area contributed by atoms with Crippen molar-refractivity contribution in [2.45, 2.75) is 6.61 Å². The van der Waals surface area contributed by atoms with Gasteiger partial charge in [-0.2, -0.15) is 10.4 Å². The number of hydrazone groups is 1. The van der Waals surface area contributed by atoms with Gasteiger partial charge in [-0.05, 0) is 35.9 Å². The van der Waals surface area contributed by atoms with Gasteiger partial charge in [-0.1, -0.05) is 74.3 Å². The summed E-state index contributed by atoms with van der Waals surface area (Å²) in [5.74, 6) is 0.755. The summed E-state index contributed by atoms with van der Waals surface area (Å²) in [6.45, 7) is 0.389. The van der Waals surface area contributed by atoms with Gasteiger partial charge in [-0.15, -0.1) is 0 Å². The molecule has 0 aliphatic carbocycles. The van der Waals surface area contributed by atoms with Crippen LogP contribution in [0.25, 0.3) is 11.3 Å². The van der Waals surface area contributed by atoms with Gasteiger partial charge in [-0.25, -0.2) is 10.4 Å². The molecule has 9 heteroatoms. The fourth-order valence-corrected chi connectivity index (χ4v) is 3.96. The first-order valence-electron chi connectivity index (χ1n) is 10.1. The minimum atomic E-state index is -0.547. The van der Waals surface area contributed by atoms with Gasteiger partial charge in [0.15, 0.2) is 0 Å². The van der Waals surface area contributed by atoms with E-state index in [9.17, 15) is 10.1 Å². The van der Waals surface area contributed by atoms with Crippen molar-refractivity contribution in [2.24, 2.45) is 5.10 Å². The number of H-pyrrole nitrogens is 1. The fraction of sp³-hybridized carbons (Fsp3) is 0.0400. The van der Waals surface area contributed by atoms with Crippen LogP contribution >= 0.6 is 31.9 Å². The zero-order valence-corrected chi connectivity index (χ0v) is 20.8. The number of ether oxygens (including phenoxy) is 1. The Labute approximate surface area is 212 Å². The highest BCUT2D eigenvalue weighted by molar-refractivity contribution is 9.10. The lowest BCUT2D eigenvalue weighted by atomic mass is 10.1. The van der Waals surface area contributed by atoms with E-state index in [4.69, 9.17) is 4.74 Å². The second kappa shape index (κ2) is 10.9. The summed E-state index contributed by atoms with van der Waals surface area (Å²) in [6, 6.07) is 24.4. The fourth-order valence-electron chi connectivity index (χ4n) is 3.14. The van der Waals surface area contributed by atoms with E-state index >= 15 is 0 Å². The van der Waals surface area contributed by atoms with Crippen LogP contribution in [0.2, 0.25) is 0 Å². The number of rotatable bonds is 7. The Morgan fingerprint density at radius 1 is 1.06 bits per heavy atom. The van der Waals surface area contributed by atoms with Gasteiger partial charge in [0.1, 0.15) is 24.0 Å². The highest BCUT2D eigenvalue weighted by Crippen LogP contribution is 2.24. The average molecular weight is 579 g/mol. The summed E-state index contributed by atoms with van der Waals surface area (Å²) in [5, 5.41) is 13.6. The van der Waals surface area contributed by atoms with Crippen LogP contribution in [-0.4, -0.2) is 16.2 Å². The summed E-state index contributed by atoms with van der Waals surface area (Å²) in [5.41, 5.74) is 4.81. The number of nitrogens with one attached hydrogen (secondary N) is 2. The van der Waals surface area contributed by atoms with E-state index in [0.717, 1.165) is 20.1 Å². The van der Waals surface area contributed by atoms with E-state index < -0.39 is 5.56 Å². The number of aromatic amines is 1. The molecule has 4 rings (SSSR count). The maximum atomic E-state index is 12.4. The second-order valence-electron chi connectivity index (χ2n) is 7.09. The molecule has 0 unspecified atom stereocenters. The summed E-state index contributed by atoms with van der Waals surface area (Å²) in [7, 11) is 0. The Hall–Kier alpha value is -3.74. The second-order valence-corrected chi connectivity index (χ2v) is 8.92. The monoisotopic (exact) mass is 577 g/mol. The molecule has 0 atom stereocenters. The largest absolute Gasteiger partial charge is 0.488 e. The van der Waals surface area contributed by atoms with E-state index in [1.165, 1.54) is 0 Å². The number of anilines is 1. The summed E-state index contributed by atoms with van der Waals surface area (Å²) in [6.07, 6.45) is 1.57. The molecular formula is C25H17Br2N5O2. The molecule has 168 valence electrons. The molecule has 0 amide bonds. The van der Waals surface area contributed by atoms with Crippen LogP contribution < -0.4 is 15.7 Å². The molecule has 4 aromatic rings. The number of benzene rings is 3. The molecular weight excluding hydrogens is 562 g/mol. The smallest absolute Gasteiger partial charge is 0.270 e. The van der Waals surface area contributed by atoms with E-state index in [2.05, 4.69) is 52.4 Å². The van der Waals surface area contributed by atoms with Gasteiger partial charge in [-0.3, -0.25) is 9.78 Å². The molecule has 34 heavy (non-hydrogen) atoms. The maximum Gasteiger partial charge on any atom is 0.270 e. The predicted molar refractivity (Wildman–Crippen MR) is 139 cm³/mol. The third kappa shape index (κ3) is 5.78. The lowest BCUT2D eigenvalue weighted by molar-refractivity contribution is 0.305. The molecule has 0 aliphatic rings. The first kappa shape index (κ1) is 23.4. The summed E-state index contributed by atoms with van der Waals surface area (Å²) in [4.78, 5) is 19.3. The van der Waals surface area contributed by atoms with Crippen LogP contribution in [0.3, 0.4) is 0 Å². The topological polar surface area (TPSA) is 103 Å². The third-order valence-electron chi connectivity index (χ3n) is 4.71. The highest BCUT2D eigenvalue weighted by atomic mass is 79.9. The van der Waals surface area contributed by atoms with Crippen molar-refractivity contribution in [3.63, 3.8) is 0 Å². The Kier molecular flexibility index (Phi) is 7.52. The first-order valence-corrected chi connectivity index (χ1v) is 11.7. The van der Waals surface area contributed by atoms with Crippen LogP contribution in [0.1, 0.15) is 16.7 Å². The Bertz CT molecular complexity index is 1450. The zero-order valence-electron chi connectivity index (χ0n) is 17.6. The molecule has 0 radical (unpaired) electrons. The SMILES string of the molecule is N#Cc1c(-c2ccccc2)nc(NN=Cc2cc(Br)ccc2OCc2cccc(Br)c2)[nH]c1=O. The van der Waals surface area contributed by atoms with Crippen LogP contribution in [0, 0.1) is 11.3 Å². The van der Waals surface area contributed by atoms with Crippen LogP contribution in [0.5, 0.6) is 5.75 Å². The normalized spacial score (nSPS) is 10.7. The molecule has 1 aromatic heterocycles. The van der Waals surface area contributed by atoms with Crippen molar-refractivity contribution in [1.29, 1.82) is 5.26 Å². The van der Waals surface area contributed by atoms with E-state index in [1.807, 2.05) is 66.7 Å². The lowest BCUT2D eigenvalue weighted by Gasteiger charge is -2.10. The van der Waals surface area contributed by atoms with E-state index in [1.54, 1.807) is 18.3 Å². The van der Waals surface area contributed by atoms with Crippen molar-refractivity contribution >= 4 is 44.0 Å². The highest BCUT2D eigenvalue weighted by Gasteiger charge is 2.13. The summed E-state index contributed by atoms with van der Waals surface area (Å²) < 4.78 is 7.83. The predicted octanol–water partition coefficient (Wildman–Crippen LogP) is 5.86. The zero-order chi connectivity index (χ0) is 23.9. The Morgan fingerprint density at radius 3 is 2.62 bits per heavy atom. The maximum absolute atomic E-state index is 12.4. The van der Waals surface area contributed by atoms with Crippen molar-refractivity contribution in [2.75, 3.05) is 5.43 Å². The molecule has 0 fully saturated rings. The van der Waals surface area contributed by atoms with E-state index in [0.29, 0.717) is 17.9 Å². The number of hydrogen-bond donors (Lipinski definition) is 2. The molecule has 7 nitrogen and oxygen atoms in total. The number of hydrogen-bond acceptors (Lipinski definition) is 6. The third-order valence-corrected chi connectivity index (χ3v) is 5.69. The molecule has 2 N–H and O–H groups in total. The standard InChI is InChI=1S/C25H17Br2N5O2/c26-19-8-4-5-16(11-19)15-34-22-10-9-20(27)12-18(22)14-29-32-25-30-23(17-6-2-1-3-7-17)21(13-28)24(33)31-25/h1-12,14H,15H2,(H2,30,31,32,33). The summed E-state index contributed by atoms with van der Waals surface area (Å²) >= 11 is 6.93. The van der Waals surface area contributed by atoms with Gasteiger partial charge in [0, 0.05) is 20.1 Å². The molecule has 0 spiro atoms. The van der Waals surface area contributed by atoms with Gasteiger partial charge in [0.2, 0.25) is 5.95 Å². The number of nitriles is 1. The van der Waals surface area contributed by atoms with Crippen LogP contribution in [0.4, 0.5) is 5.95 Å². The Balaban J connectivity index is 1.56. The molecule has 0 aliphatic heterocycles. The van der Waals surface area contributed by atoms with Crippen LogP contribution in [-0.2, 0) is 6.61 Å². The van der Waals surface area contributed by atoms with Crippen molar-refractivity contribution in [1.82, 2.24) is 9.97 Å². The molecule has 3 aromatic carbocycles. The van der Waals surface area contributed by atoms with Gasteiger partial charge < -0.3 is 4.74 Å². The number of halogens is 2. The quantitative estimate of drug-likeness (QED) is 0.211. The lowest BCUT2D eigenvalue weighted by Crippen LogP contribution is -2.16. The molecule has 0 bridgehead atoms. The van der Waals surface area contributed by atoms with Gasteiger partial charge in [0.25, 0.3) is 5.56 Å². The van der Waals surface area contributed by atoms with Crippen molar-refractivity contribution < 1.29 is 4.74 Å².